The maximum absolute atomic E-state index is 10.9. The highest BCUT2D eigenvalue weighted by atomic mass is 35.5. The van der Waals surface area contributed by atoms with Gasteiger partial charge >= 0.3 is 0 Å². The highest BCUT2D eigenvalue weighted by molar-refractivity contribution is 6.30. The molecule has 0 saturated heterocycles. The lowest BCUT2D eigenvalue weighted by Crippen LogP contribution is -2.08. The van der Waals surface area contributed by atoms with Crippen molar-refractivity contribution in [2.45, 2.75) is 52.3 Å². The first-order valence-corrected chi connectivity index (χ1v) is 5.80. The summed E-state index contributed by atoms with van der Waals surface area (Å²) in [5.41, 5.74) is 2.65. The number of hydrogen-bond donors (Lipinski definition) is 0. The summed E-state index contributed by atoms with van der Waals surface area (Å²) >= 11 is 5.84. The Labute approximate surface area is 98.2 Å². The molecule has 0 rings (SSSR count). The molecule has 0 bridgehead atoms. The highest BCUT2D eigenvalue weighted by Crippen LogP contribution is 2.11. The minimum Gasteiger partial charge on any atom is -0.298 e. The van der Waals surface area contributed by atoms with Gasteiger partial charge in [0.25, 0.3) is 0 Å². The largest absolute Gasteiger partial charge is 0.298 e. The second-order valence-corrected chi connectivity index (χ2v) is 4.71. The van der Waals surface area contributed by atoms with Crippen LogP contribution in [0.5, 0.6) is 0 Å². The number of ketones is 1. The molecule has 15 heavy (non-hydrogen) atoms. The molecule has 0 heterocycles. The Bertz CT molecular complexity index is 260. The Kier molecular flexibility index (Phi) is 7.41. The number of Topliss-reactive ketones (excluding diaryl/α,β-unsaturated/α-hetero) is 1. The average molecular weight is 229 g/mol. The summed E-state index contributed by atoms with van der Waals surface area (Å²) in [7, 11) is 0. The van der Waals surface area contributed by atoms with Crippen molar-refractivity contribution >= 4 is 17.4 Å². The molecule has 0 spiro atoms. The van der Waals surface area contributed by atoms with E-state index in [1.165, 1.54) is 18.1 Å². The third-order valence-corrected chi connectivity index (χ3v) is 2.69. The molecule has 0 aromatic heterocycles. The molecule has 1 atom stereocenters. The topological polar surface area (TPSA) is 17.1 Å². The van der Waals surface area contributed by atoms with E-state index in [-0.39, 0.29) is 11.2 Å². The van der Waals surface area contributed by atoms with Crippen molar-refractivity contribution in [2.75, 3.05) is 0 Å². The van der Waals surface area contributed by atoms with E-state index in [1.807, 2.05) is 0 Å². The van der Waals surface area contributed by atoms with E-state index in [0.717, 1.165) is 12.8 Å². The molecule has 0 aromatic carbocycles. The fourth-order valence-corrected chi connectivity index (χ4v) is 1.25. The Morgan fingerprint density at radius 2 is 1.80 bits per heavy atom. The Morgan fingerprint density at radius 3 is 2.27 bits per heavy atom. The van der Waals surface area contributed by atoms with Gasteiger partial charge in [-0.1, -0.05) is 23.3 Å². The number of rotatable bonds is 6. The van der Waals surface area contributed by atoms with Crippen molar-refractivity contribution in [3.05, 3.63) is 23.3 Å². The zero-order valence-electron chi connectivity index (χ0n) is 10.1. The van der Waals surface area contributed by atoms with E-state index >= 15 is 0 Å². The van der Waals surface area contributed by atoms with Crippen molar-refractivity contribution in [1.82, 2.24) is 0 Å². The Balaban J connectivity index is 3.89. The van der Waals surface area contributed by atoms with Crippen LogP contribution in [0.3, 0.4) is 0 Å². The molecule has 0 amide bonds. The molecule has 2 heteroatoms. The SMILES string of the molecule is CC(=O)C(Cl)C/C=C(\C)CCC=C(C)C. The van der Waals surface area contributed by atoms with Crippen LogP contribution in [-0.4, -0.2) is 11.2 Å². The second-order valence-electron chi connectivity index (χ2n) is 4.18. The van der Waals surface area contributed by atoms with Crippen LogP contribution < -0.4 is 0 Å². The standard InChI is InChI=1S/C13H21ClO/c1-10(2)6-5-7-11(3)8-9-13(14)12(4)15/h6,8,13H,5,7,9H2,1-4H3/b11-8+. The third-order valence-electron chi connectivity index (χ3n) is 2.21. The van der Waals surface area contributed by atoms with Crippen molar-refractivity contribution in [3.8, 4) is 0 Å². The summed E-state index contributed by atoms with van der Waals surface area (Å²) in [5.74, 6) is 0.0463. The van der Waals surface area contributed by atoms with Gasteiger partial charge in [0.1, 0.15) is 5.78 Å². The van der Waals surface area contributed by atoms with Crippen LogP contribution in [0, 0.1) is 0 Å². The van der Waals surface area contributed by atoms with E-state index in [1.54, 1.807) is 0 Å². The van der Waals surface area contributed by atoms with Crippen LogP contribution in [0.15, 0.2) is 23.3 Å². The first-order valence-electron chi connectivity index (χ1n) is 5.37. The molecule has 0 aromatic rings. The van der Waals surface area contributed by atoms with Gasteiger partial charge in [-0.05, 0) is 47.0 Å². The van der Waals surface area contributed by atoms with Crippen molar-refractivity contribution < 1.29 is 4.79 Å². The van der Waals surface area contributed by atoms with Crippen LogP contribution in [0.1, 0.15) is 47.0 Å². The van der Waals surface area contributed by atoms with Gasteiger partial charge in [0.2, 0.25) is 0 Å². The van der Waals surface area contributed by atoms with E-state index in [2.05, 4.69) is 32.9 Å². The van der Waals surface area contributed by atoms with Gasteiger partial charge in [0, 0.05) is 0 Å². The highest BCUT2D eigenvalue weighted by Gasteiger charge is 2.07. The Hall–Kier alpha value is -0.560. The summed E-state index contributed by atoms with van der Waals surface area (Å²) in [6.07, 6.45) is 7.06. The molecular weight excluding hydrogens is 208 g/mol. The first-order chi connectivity index (χ1) is 6.93. The lowest BCUT2D eigenvalue weighted by molar-refractivity contribution is -0.116. The molecule has 1 nitrogen and oxygen atoms in total. The van der Waals surface area contributed by atoms with Crippen LogP contribution in [-0.2, 0) is 4.79 Å². The molecule has 0 radical (unpaired) electrons. The molecule has 0 N–H and O–H groups in total. The zero-order chi connectivity index (χ0) is 11.8. The maximum atomic E-state index is 10.9. The van der Waals surface area contributed by atoms with E-state index in [4.69, 9.17) is 11.6 Å². The number of halogens is 1. The van der Waals surface area contributed by atoms with Crippen LogP contribution in [0.2, 0.25) is 0 Å². The lowest BCUT2D eigenvalue weighted by Gasteiger charge is -2.02. The van der Waals surface area contributed by atoms with E-state index in [0.29, 0.717) is 6.42 Å². The summed E-state index contributed by atoms with van der Waals surface area (Å²) in [5, 5.41) is -0.358. The summed E-state index contributed by atoms with van der Waals surface area (Å²) in [6, 6.07) is 0. The number of alkyl halides is 1. The smallest absolute Gasteiger partial charge is 0.147 e. The Morgan fingerprint density at radius 1 is 1.20 bits per heavy atom. The summed E-state index contributed by atoms with van der Waals surface area (Å²) in [6.45, 7) is 7.82. The van der Waals surface area contributed by atoms with Gasteiger partial charge in [-0.25, -0.2) is 0 Å². The van der Waals surface area contributed by atoms with Gasteiger partial charge in [-0.3, -0.25) is 4.79 Å². The average Bonchev–Trinajstić information content (AvgIpc) is 2.13. The quantitative estimate of drug-likeness (QED) is 0.490. The van der Waals surface area contributed by atoms with Crippen molar-refractivity contribution in [3.63, 3.8) is 0 Å². The van der Waals surface area contributed by atoms with Gasteiger partial charge in [-0.2, -0.15) is 0 Å². The number of carbonyl (C=O) groups is 1. The third kappa shape index (κ3) is 8.44. The first kappa shape index (κ1) is 14.4. The van der Waals surface area contributed by atoms with Crippen LogP contribution in [0.25, 0.3) is 0 Å². The van der Waals surface area contributed by atoms with E-state index < -0.39 is 0 Å². The second kappa shape index (κ2) is 7.70. The van der Waals surface area contributed by atoms with Gasteiger partial charge < -0.3 is 0 Å². The maximum Gasteiger partial charge on any atom is 0.147 e. The fraction of sp³-hybridized carbons (Fsp3) is 0.615. The monoisotopic (exact) mass is 228 g/mol. The van der Waals surface area contributed by atoms with Crippen molar-refractivity contribution in [1.29, 1.82) is 0 Å². The predicted octanol–water partition coefficient (Wildman–Crippen LogP) is 4.27. The van der Waals surface area contributed by atoms with Crippen molar-refractivity contribution in [2.24, 2.45) is 0 Å². The molecule has 1 unspecified atom stereocenters. The fourth-order valence-electron chi connectivity index (χ4n) is 1.16. The lowest BCUT2D eigenvalue weighted by atomic mass is 10.1. The minimum atomic E-state index is -0.358. The minimum absolute atomic E-state index is 0.0463. The van der Waals surface area contributed by atoms with Gasteiger partial charge in [0.05, 0.1) is 5.38 Å². The van der Waals surface area contributed by atoms with Crippen LogP contribution >= 0.6 is 11.6 Å². The number of allylic oxidation sites excluding steroid dienone is 4. The normalized spacial score (nSPS) is 13.5. The predicted molar refractivity (Wildman–Crippen MR) is 67.4 cm³/mol. The zero-order valence-corrected chi connectivity index (χ0v) is 10.9. The molecule has 0 aliphatic rings. The molecular formula is C13H21ClO. The van der Waals surface area contributed by atoms with E-state index in [9.17, 15) is 4.79 Å². The van der Waals surface area contributed by atoms with Crippen LogP contribution in [0.4, 0.5) is 0 Å². The summed E-state index contributed by atoms with van der Waals surface area (Å²) in [4.78, 5) is 10.9. The summed E-state index contributed by atoms with van der Waals surface area (Å²) < 4.78 is 0. The molecule has 0 aliphatic carbocycles. The molecule has 0 fully saturated rings. The molecule has 0 saturated carbocycles. The molecule has 0 aliphatic heterocycles. The number of carbonyl (C=O) groups excluding carboxylic acids is 1. The van der Waals surface area contributed by atoms with Gasteiger partial charge in [-0.15, -0.1) is 11.6 Å². The number of hydrogen-bond acceptors (Lipinski definition) is 1. The van der Waals surface area contributed by atoms with Gasteiger partial charge in [0.15, 0.2) is 0 Å². The molecule has 86 valence electrons.